The van der Waals surface area contributed by atoms with Crippen LogP contribution in [0.15, 0.2) is 276 Å². The van der Waals surface area contributed by atoms with E-state index in [1.54, 1.807) is 0 Å². The third-order valence-electron chi connectivity index (χ3n) is 18.5. The minimum Gasteiger partial charge on any atom is -0.452 e. The van der Waals surface area contributed by atoms with Gasteiger partial charge in [0.25, 0.3) is 0 Å². The Morgan fingerprint density at radius 1 is 0.319 bits per heavy atom. The fourth-order valence-electron chi connectivity index (χ4n) is 14.8. The Balaban J connectivity index is 0.000000105. The average molecular weight is 1190 g/mol. The molecular weight excluding hydrogens is 1140 g/mol. The Morgan fingerprint density at radius 2 is 0.725 bits per heavy atom. The summed E-state index contributed by atoms with van der Waals surface area (Å²) in [6.07, 6.45) is 0. The lowest BCUT2D eigenvalue weighted by Gasteiger charge is -2.10. The molecule has 0 radical (unpaired) electrons. The number of aromatic amines is 1. The number of furan rings is 2. The van der Waals surface area contributed by atoms with Crippen LogP contribution in [-0.4, -0.2) is 38.3 Å². The predicted molar refractivity (Wildman–Crippen MR) is 374 cm³/mol. The Kier molecular flexibility index (Phi) is 10.4. The number of benzene rings is 12. The molecule has 0 atom stereocenters. The molecule has 424 valence electrons. The second-order valence-corrected chi connectivity index (χ2v) is 23.7. The van der Waals surface area contributed by atoms with Gasteiger partial charge in [0.15, 0.2) is 11.2 Å². The molecule has 22 aromatic rings. The Bertz CT molecular complexity index is 6730. The smallest absolute Gasteiger partial charge is 0.236 e. The lowest BCUT2D eigenvalue weighted by atomic mass is 10.0. The number of aromatic nitrogens is 8. The summed E-state index contributed by atoms with van der Waals surface area (Å²) in [4.78, 5) is 23.0. The van der Waals surface area contributed by atoms with E-state index in [0.717, 1.165) is 66.5 Å². The highest BCUT2D eigenvalue weighted by molar-refractivity contribution is 6.36. The van der Waals surface area contributed by atoms with E-state index in [1.807, 2.05) is 91.0 Å². The van der Waals surface area contributed by atoms with Crippen LogP contribution < -0.4 is 0 Å². The molecule has 10 nitrogen and oxygen atoms in total. The third kappa shape index (κ3) is 7.07. The van der Waals surface area contributed by atoms with Crippen molar-refractivity contribution >= 4 is 176 Å². The quantitative estimate of drug-likeness (QED) is 0.177. The van der Waals surface area contributed by atoms with Crippen LogP contribution in [0.1, 0.15) is 0 Å². The molecule has 0 saturated heterocycles. The molecule has 0 amide bonds. The van der Waals surface area contributed by atoms with E-state index in [4.69, 9.17) is 30.4 Å². The molecule has 91 heavy (non-hydrogen) atoms. The predicted octanol–water partition coefficient (Wildman–Crippen LogP) is 21.5. The van der Waals surface area contributed by atoms with E-state index >= 15 is 0 Å². The van der Waals surface area contributed by atoms with E-state index in [-0.39, 0.29) is 5.28 Å². The van der Waals surface area contributed by atoms with Crippen LogP contribution in [0.5, 0.6) is 0 Å². The van der Waals surface area contributed by atoms with Gasteiger partial charge in [-0.2, -0.15) is 0 Å². The van der Waals surface area contributed by atoms with Gasteiger partial charge < -0.3 is 22.6 Å². The van der Waals surface area contributed by atoms with Crippen LogP contribution >= 0.6 is 11.6 Å². The fraction of sp³-hybridized carbons (Fsp3) is 0. The number of nitrogens with one attached hydrogen (secondary N) is 1. The zero-order valence-electron chi connectivity index (χ0n) is 48.2. The van der Waals surface area contributed by atoms with E-state index in [1.165, 1.54) is 109 Å². The second kappa shape index (κ2) is 18.9. The van der Waals surface area contributed by atoms with Crippen LogP contribution in [0.3, 0.4) is 0 Å². The fourth-order valence-corrected chi connectivity index (χ4v) is 15.0. The highest BCUT2D eigenvalue weighted by atomic mass is 35.5. The van der Waals surface area contributed by atoms with Gasteiger partial charge in [0.05, 0.1) is 49.7 Å². The van der Waals surface area contributed by atoms with Crippen LogP contribution in [0.4, 0.5) is 0 Å². The monoisotopic (exact) mass is 1180 g/mol. The molecule has 12 aromatic carbocycles. The molecule has 0 fully saturated rings. The van der Waals surface area contributed by atoms with Gasteiger partial charge in [-0.15, -0.1) is 0 Å². The lowest BCUT2D eigenvalue weighted by molar-refractivity contribution is 0.666. The highest BCUT2D eigenvalue weighted by Crippen LogP contribution is 2.48. The maximum absolute atomic E-state index is 6.44. The second-order valence-electron chi connectivity index (χ2n) is 23.4. The summed E-state index contributed by atoms with van der Waals surface area (Å²) in [6, 6.07) is 92.9. The Hall–Kier alpha value is -12.1. The molecule has 0 aliphatic rings. The first kappa shape index (κ1) is 49.9. The first-order valence-corrected chi connectivity index (χ1v) is 30.8. The van der Waals surface area contributed by atoms with Crippen molar-refractivity contribution in [2.24, 2.45) is 0 Å². The van der Waals surface area contributed by atoms with Gasteiger partial charge >= 0.3 is 0 Å². The minimum atomic E-state index is 0.225. The molecule has 1 N–H and O–H groups in total. The number of halogens is 1. The largest absolute Gasteiger partial charge is 0.452 e. The summed E-state index contributed by atoms with van der Waals surface area (Å²) >= 11 is 6.07. The molecule has 0 aliphatic heterocycles. The number of para-hydroxylation sites is 8. The van der Waals surface area contributed by atoms with E-state index < -0.39 is 0 Å². The molecule has 0 spiro atoms. The zero-order chi connectivity index (χ0) is 59.6. The summed E-state index contributed by atoms with van der Waals surface area (Å²) in [6.45, 7) is 0. The summed E-state index contributed by atoms with van der Waals surface area (Å²) in [5.41, 5.74) is 20.1. The van der Waals surface area contributed by atoms with E-state index in [2.05, 4.69) is 204 Å². The van der Waals surface area contributed by atoms with Gasteiger partial charge in [0, 0.05) is 92.1 Å². The molecule has 10 aromatic heterocycles. The number of rotatable bonds is 3. The third-order valence-corrected chi connectivity index (χ3v) is 18.7. The minimum absolute atomic E-state index is 0.225. The van der Waals surface area contributed by atoms with Crippen LogP contribution in [0.2, 0.25) is 5.28 Å². The number of hydrogen-bond donors (Lipinski definition) is 1. The number of nitrogens with zero attached hydrogens (tertiary/aromatic N) is 7. The lowest BCUT2D eigenvalue weighted by Crippen LogP contribution is -2.03. The van der Waals surface area contributed by atoms with Crippen molar-refractivity contribution < 1.29 is 8.83 Å². The van der Waals surface area contributed by atoms with Gasteiger partial charge in [-0.05, 0) is 84.4 Å². The number of fused-ring (bicyclic) bond motifs is 26. The first-order valence-electron chi connectivity index (χ1n) is 30.4. The van der Waals surface area contributed by atoms with Gasteiger partial charge in [0.1, 0.15) is 33.6 Å². The SMILES string of the molecule is Clc1nc(-c2ccccc2)c2oc3ccccc3c2n1.c1ccc(-c2nc(-n3c4ccccc4c4cc5c6ccccc6n6c7ccccc7c(c43)c56)nc3c2oc2ccccc23)cc1.c1ccc2c(c1)[nH]c1c2cc2c3ccccc3n3c4ccccc4c1c23. The molecule has 0 unspecified atom stereocenters. The number of H-pyrrole nitrogens is 1. The molecule has 10 heterocycles. The normalized spacial score (nSPS) is 12.2. The molecule has 0 bridgehead atoms. The molecule has 11 heteroatoms. The van der Waals surface area contributed by atoms with Crippen LogP contribution in [0, 0.1) is 0 Å². The van der Waals surface area contributed by atoms with Gasteiger partial charge in [-0.3, -0.25) is 4.57 Å². The van der Waals surface area contributed by atoms with Gasteiger partial charge in [0.2, 0.25) is 11.2 Å². The van der Waals surface area contributed by atoms with Crippen molar-refractivity contribution in [2.75, 3.05) is 0 Å². The van der Waals surface area contributed by atoms with Crippen LogP contribution in [-0.2, 0) is 0 Å². The topological polar surface area (TPSA) is 107 Å². The van der Waals surface area contributed by atoms with Crippen molar-refractivity contribution in [3.05, 3.63) is 272 Å². The van der Waals surface area contributed by atoms with E-state index in [9.17, 15) is 0 Å². The van der Waals surface area contributed by atoms with Crippen LogP contribution in [0.25, 0.3) is 192 Å². The van der Waals surface area contributed by atoms with E-state index in [0.29, 0.717) is 17.1 Å². The molecular formula is C80H45ClN8O2. The summed E-state index contributed by atoms with van der Waals surface area (Å²) in [5.74, 6) is 0.627. The van der Waals surface area contributed by atoms with Gasteiger partial charge in [-0.25, -0.2) is 19.9 Å². The van der Waals surface area contributed by atoms with Gasteiger partial charge in [-0.1, -0.05) is 194 Å². The Morgan fingerprint density at radius 3 is 1.31 bits per heavy atom. The standard InChI is InChI=1S/C40H22N4O.C24H14N2.C16H9ClN2O/c1-2-12-23(13-3-1)35-39-36(27-17-7-11-21-33(27)45-39)42-40(41-35)44-31-19-9-5-15-25(31)29-22-28-24-14-4-8-18-30(24)43-32-20-10-6-16-26(32)34(37(28)43)38(29)44;1-4-10-19-14(7-1)17-13-18-15-8-2-5-11-20(15)26-21-12-6-3-9-16(21)22(24(18)26)23(17)25-19;17-16-18-13(10-6-2-1-3-7-10)15-14(19-16)11-8-4-5-9-12(11)20-15/h1-22H;1-13,25H;1-9H. The zero-order valence-corrected chi connectivity index (χ0v) is 49.0. The highest BCUT2D eigenvalue weighted by Gasteiger charge is 2.28. The average Bonchev–Trinajstić information content (AvgIpc) is 1.53. The molecule has 22 rings (SSSR count). The summed E-state index contributed by atoms with van der Waals surface area (Å²) in [7, 11) is 0. The summed E-state index contributed by atoms with van der Waals surface area (Å²) < 4.78 is 19.5. The molecule has 0 saturated carbocycles. The summed E-state index contributed by atoms with van der Waals surface area (Å²) in [5, 5.41) is 17.4. The van der Waals surface area contributed by atoms with Crippen molar-refractivity contribution in [2.45, 2.75) is 0 Å². The maximum Gasteiger partial charge on any atom is 0.236 e. The van der Waals surface area contributed by atoms with Crippen molar-refractivity contribution in [1.29, 1.82) is 0 Å². The number of hydrogen-bond acceptors (Lipinski definition) is 6. The first-order chi connectivity index (χ1) is 45.1. The molecule has 0 aliphatic carbocycles. The van der Waals surface area contributed by atoms with Crippen molar-refractivity contribution in [1.82, 2.24) is 38.3 Å². The van der Waals surface area contributed by atoms with Crippen molar-refractivity contribution in [3.63, 3.8) is 0 Å². The maximum atomic E-state index is 6.44. The Labute approximate surface area is 520 Å². The van der Waals surface area contributed by atoms with Crippen molar-refractivity contribution in [3.8, 4) is 28.5 Å².